The third kappa shape index (κ3) is 5.51. The molecule has 0 spiro atoms. The second kappa shape index (κ2) is 7.88. The number of nitrogens with one attached hydrogen (secondary N) is 3. The summed E-state index contributed by atoms with van der Waals surface area (Å²) in [6, 6.07) is -1.62. The molecule has 1 aromatic heterocycles. The van der Waals surface area contributed by atoms with Crippen molar-refractivity contribution < 1.29 is 19.5 Å². The SMILES string of the molecule is CNC(=O)CCN(C)C(=O)NC(Cc1cnc[nH]1)C(=O)O. The van der Waals surface area contributed by atoms with Gasteiger partial charge in [0.15, 0.2) is 0 Å². The van der Waals surface area contributed by atoms with Gasteiger partial charge in [-0.25, -0.2) is 14.6 Å². The summed E-state index contributed by atoms with van der Waals surface area (Å²) in [5.74, 6) is -1.33. The van der Waals surface area contributed by atoms with Gasteiger partial charge in [0.2, 0.25) is 5.91 Å². The molecule has 116 valence electrons. The number of carbonyl (C=O) groups is 3. The lowest BCUT2D eigenvalue weighted by atomic mass is 10.1. The zero-order valence-corrected chi connectivity index (χ0v) is 11.9. The molecule has 0 aliphatic heterocycles. The number of aliphatic carboxylic acids is 1. The first-order chi connectivity index (χ1) is 9.93. The molecule has 9 nitrogen and oxygen atoms in total. The zero-order chi connectivity index (χ0) is 15.8. The summed E-state index contributed by atoms with van der Waals surface area (Å²) in [6.45, 7) is 0.196. The van der Waals surface area contributed by atoms with E-state index in [0.29, 0.717) is 5.69 Å². The van der Waals surface area contributed by atoms with Crippen LogP contribution < -0.4 is 10.6 Å². The predicted molar refractivity (Wildman–Crippen MR) is 73.6 cm³/mol. The molecule has 1 rings (SSSR count). The van der Waals surface area contributed by atoms with Crippen LogP contribution in [-0.2, 0) is 16.0 Å². The summed E-state index contributed by atoms with van der Waals surface area (Å²) in [6.07, 6.45) is 3.19. The minimum atomic E-state index is -1.14. The molecule has 4 N–H and O–H groups in total. The van der Waals surface area contributed by atoms with Gasteiger partial charge in [0.25, 0.3) is 0 Å². The van der Waals surface area contributed by atoms with Crippen molar-refractivity contribution in [1.82, 2.24) is 25.5 Å². The molecule has 1 heterocycles. The van der Waals surface area contributed by atoms with Gasteiger partial charge in [-0.05, 0) is 0 Å². The Labute approximate surface area is 121 Å². The molecule has 3 amide bonds. The van der Waals surface area contributed by atoms with E-state index >= 15 is 0 Å². The molecule has 1 aromatic rings. The lowest BCUT2D eigenvalue weighted by Gasteiger charge is -2.20. The predicted octanol–water partition coefficient (Wildman–Crippen LogP) is -0.817. The molecule has 21 heavy (non-hydrogen) atoms. The van der Waals surface area contributed by atoms with Crippen LogP contribution in [0.4, 0.5) is 4.79 Å². The highest BCUT2D eigenvalue weighted by molar-refractivity contribution is 5.83. The number of H-pyrrole nitrogens is 1. The highest BCUT2D eigenvalue weighted by Crippen LogP contribution is 2.00. The molecule has 0 saturated carbocycles. The molecule has 9 heteroatoms. The second-order valence-electron chi connectivity index (χ2n) is 4.47. The molecular formula is C12H19N5O4. The minimum absolute atomic E-state index is 0.102. The van der Waals surface area contributed by atoms with Gasteiger partial charge in [0.05, 0.1) is 6.33 Å². The van der Waals surface area contributed by atoms with Crippen molar-refractivity contribution in [3.8, 4) is 0 Å². The van der Waals surface area contributed by atoms with Gasteiger partial charge in [-0.15, -0.1) is 0 Å². The summed E-state index contributed by atoms with van der Waals surface area (Å²) >= 11 is 0. The zero-order valence-electron chi connectivity index (χ0n) is 11.9. The van der Waals surface area contributed by atoms with Crippen LogP contribution in [0, 0.1) is 0 Å². The van der Waals surface area contributed by atoms with Crippen molar-refractivity contribution in [3.63, 3.8) is 0 Å². The minimum Gasteiger partial charge on any atom is -0.480 e. The van der Waals surface area contributed by atoms with Crippen molar-refractivity contribution in [1.29, 1.82) is 0 Å². The lowest BCUT2D eigenvalue weighted by molar-refractivity contribution is -0.139. The Morgan fingerprint density at radius 1 is 1.48 bits per heavy atom. The average molecular weight is 297 g/mol. The van der Waals surface area contributed by atoms with Crippen LogP contribution in [0.2, 0.25) is 0 Å². The van der Waals surface area contributed by atoms with Crippen molar-refractivity contribution in [3.05, 3.63) is 18.2 Å². The van der Waals surface area contributed by atoms with Crippen LogP contribution in [0.5, 0.6) is 0 Å². The molecule has 0 fully saturated rings. The first kappa shape index (κ1) is 16.5. The van der Waals surface area contributed by atoms with E-state index in [0.717, 1.165) is 0 Å². The van der Waals surface area contributed by atoms with E-state index in [2.05, 4.69) is 20.6 Å². The van der Waals surface area contributed by atoms with Crippen molar-refractivity contribution in [2.45, 2.75) is 18.9 Å². The smallest absolute Gasteiger partial charge is 0.326 e. The van der Waals surface area contributed by atoms with Gasteiger partial charge in [-0.3, -0.25) is 4.79 Å². The maximum absolute atomic E-state index is 11.9. The Bertz CT molecular complexity index is 488. The number of carboxylic acid groups (broad SMARTS) is 1. The van der Waals surface area contributed by atoms with Gasteiger partial charge in [0.1, 0.15) is 6.04 Å². The topological polar surface area (TPSA) is 127 Å². The van der Waals surface area contributed by atoms with Crippen LogP contribution in [0.3, 0.4) is 0 Å². The second-order valence-corrected chi connectivity index (χ2v) is 4.47. The highest BCUT2D eigenvalue weighted by atomic mass is 16.4. The van der Waals surface area contributed by atoms with Gasteiger partial charge in [-0.1, -0.05) is 0 Å². The van der Waals surface area contributed by atoms with Crippen molar-refractivity contribution in [2.75, 3.05) is 20.6 Å². The summed E-state index contributed by atoms with van der Waals surface area (Å²) in [7, 11) is 3.00. The van der Waals surface area contributed by atoms with Gasteiger partial charge >= 0.3 is 12.0 Å². The number of carboxylic acids is 1. The molecule has 0 radical (unpaired) electrons. The summed E-state index contributed by atoms with van der Waals surface area (Å²) in [4.78, 5) is 42.0. The Hall–Kier alpha value is -2.58. The first-order valence-corrected chi connectivity index (χ1v) is 6.36. The lowest BCUT2D eigenvalue weighted by Crippen LogP contribution is -2.48. The Kier molecular flexibility index (Phi) is 6.18. The van der Waals surface area contributed by atoms with E-state index in [-0.39, 0.29) is 25.3 Å². The molecule has 1 atom stereocenters. The number of nitrogens with zero attached hydrogens (tertiary/aromatic N) is 2. The fourth-order valence-corrected chi connectivity index (χ4v) is 1.57. The van der Waals surface area contributed by atoms with E-state index in [1.807, 2.05) is 0 Å². The van der Waals surface area contributed by atoms with E-state index in [1.54, 1.807) is 0 Å². The van der Waals surface area contributed by atoms with Gasteiger partial charge < -0.3 is 25.6 Å². The fourth-order valence-electron chi connectivity index (χ4n) is 1.57. The van der Waals surface area contributed by atoms with Gasteiger partial charge in [-0.2, -0.15) is 0 Å². The third-order valence-corrected chi connectivity index (χ3v) is 2.87. The van der Waals surface area contributed by atoms with E-state index in [9.17, 15) is 14.4 Å². The fraction of sp³-hybridized carbons (Fsp3) is 0.500. The molecular weight excluding hydrogens is 278 g/mol. The normalized spacial score (nSPS) is 11.5. The maximum atomic E-state index is 11.9. The van der Waals surface area contributed by atoms with Crippen LogP contribution in [-0.4, -0.2) is 64.6 Å². The quantitative estimate of drug-likeness (QED) is 0.523. The monoisotopic (exact) mass is 297 g/mol. The van der Waals surface area contributed by atoms with E-state index < -0.39 is 18.0 Å². The van der Waals surface area contributed by atoms with Crippen molar-refractivity contribution >= 4 is 17.9 Å². The summed E-state index contributed by atoms with van der Waals surface area (Å²) < 4.78 is 0. The number of carbonyl (C=O) groups excluding carboxylic acids is 2. The van der Waals surface area contributed by atoms with Crippen LogP contribution in [0.1, 0.15) is 12.1 Å². The number of urea groups is 1. The number of rotatable bonds is 7. The summed E-state index contributed by atoms with van der Waals surface area (Å²) in [5.41, 5.74) is 0.607. The largest absolute Gasteiger partial charge is 0.480 e. The Morgan fingerprint density at radius 3 is 2.71 bits per heavy atom. The van der Waals surface area contributed by atoms with Crippen LogP contribution in [0.25, 0.3) is 0 Å². The van der Waals surface area contributed by atoms with Gasteiger partial charge in [0, 0.05) is 45.4 Å². The number of amides is 3. The number of hydrogen-bond acceptors (Lipinski definition) is 4. The standard InChI is InChI=1S/C12H19N5O4/c1-13-10(18)3-4-17(2)12(21)16-9(11(19)20)5-8-6-14-7-15-8/h6-7,9H,3-5H2,1-2H3,(H,13,18)(H,14,15)(H,16,21)(H,19,20). The molecule has 0 saturated heterocycles. The number of aromatic nitrogens is 2. The van der Waals surface area contributed by atoms with Crippen LogP contribution >= 0.6 is 0 Å². The molecule has 0 aromatic carbocycles. The molecule has 0 aliphatic carbocycles. The molecule has 0 bridgehead atoms. The van der Waals surface area contributed by atoms with E-state index in [1.165, 1.54) is 31.5 Å². The molecule has 1 unspecified atom stereocenters. The maximum Gasteiger partial charge on any atom is 0.326 e. The average Bonchev–Trinajstić information content (AvgIpc) is 2.96. The Morgan fingerprint density at radius 2 is 2.19 bits per heavy atom. The highest BCUT2D eigenvalue weighted by Gasteiger charge is 2.22. The number of aromatic amines is 1. The molecule has 0 aliphatic rings. The number of imidazole rings is 1. The Balaban J connectivity index is 2.52. The first-order valence-electron chi connectivity index (χ1n) is 6.36. The summed E-state index contributed by atoms with van der Waals surface area (Å²) in [5, 5.41) is 14.0. The number of hydrogen-bond donors (Lipinski definition) is 4. The van der Waals surface area contributed by atoms with Crippen molar-refractivity contribution in [2.24, 2.45) is 0 Å². The third-order valence-electron chi connectivity index (χ3n) is 2.87. The van der Waals surface area contributed by atoms with Crippen LogP contribution in [0.15, 0.2) is 12.5 Å². The van der Waals surface area contributed by atoms with E-state index in [4.69, 9.17) is 5.11 Å².